The number of nitrogens with one attached hydrogen (secondary N) is 3. The van der Waals surface area contributed by atoms with E-state index in [0.717, 1.165) is 21.6 Å². The summed E-state index contributed by atoms with van der Waals surface area (Å²) in [6, 6.07) is 38.2. The zero-order chi connectivity index (χ0) is 33.2. The Kier molecular flexibility index (Phi) is 10.6. The molecule has 0 saturated carbocycles. The van der Waals surface area contributed by atoms with Gasteiger partial charge in [0.15, 0.2) is 0 Å². The van der Waals surface area contributed by atoms with Crippen molar-refractivity contribution >= 4 is 52.6 Å². The van der Waals surface area contributed by atoms with Crippen LogP contribution in [0.1, 0.15) is 32.3 Å². The number of carbonyl (C=O) groups is 3. The van der Waals surface area contributed by atoms with Gasteiger partial charge in [0, 0.05) is 34.0 Å². The smallest absolute Gasteiger partial charge is 0.272 e. The highest BCUT2D eigenvalue weighted by atomic mass is 32.2. The molecule has 9 nitrogen and oxygen atoms in total. The molecule has 0 heterocycles. The number of nitro groups is 1. The number of thioether (sulfide) groups is 1. The van der Waals surface area contributed by atoms with E-state index < -0.39 is 22.0 Å². The molecule has 0 fully saturated rings. The maximum atomic E-state index is 13.4. The van der Waals surface area contributed by atoms with Crippen molar-refractivity contribution in [1.82, 2.24) is 5.32 Å². The van der Waals surface area contributed by atoms with E-state index in [0.29, 0.717) is 16.9 Å². The Morgan fingerprint density at radius 1 is 0.723 bits per heavy atom. The van der Waals surface area contributed by atoms with E-state index in [2.05, 4.69) is 16.0 Å². The second-order valence-electron chi connectivity index (χ2n) is 10.5. The van der Waals surface area contributed by atoms with Crippen LogP contribution in [0.5, 0.6) is 0 Å². The van der Waals surface area contributed by atoms with Crippen LogP contribution in [0, 0.1) is 17.0 Å². The maximum absolute atomic E-state index is 13.4. The van der Waals surface area contributed by atoms with E-state index >= 15 is 0 Å². The Balaban J connectivity index is 1.31. The van der Waals surface area contributed by atoms with Crippen LogP contribution in [0.15, 0.2) is 144 Å². The highest BCUT2D eigenvalue weighted by Crippen LogP contribution is 2.37. The molecule has 0 aliphatic carbocycles. The highest BCUT2D eigenvalue weighted by Gasteiger charge is 2.23. The summed E-state index contributed by atoms with van der Waals surface area (Å²) in [4.78, 5) is 51.1. The van der Waals surface area contributed by atoms with Crippen molar-refractivity contribution in [3.05, 3.63) is 172 Å². The van der Waals surface area contributed by atoms with Crippen LogP contribution >= 0.6 is 11.8 Å². The number of hydrogen-bond donors (Lipinski definition) is 3. The molecule has 3 amide bonds. The molecule has 1 unspecified atom stereocenters. The SMILES string of the molecule is Cc1ccc(/C=C(\NC(=O)c2ccccc2)C(=O)Nc2ccc(SC(C(=O)Nc3ccc([N+](=O)[O-])cc3)c3ccccc3)cc2)cc1. The Hall–Kier alpha value is -6.00. The summed E-state index contributed by atoms with van der Waals surface area (Å²) in [7, 11) is 0. The lowest BCUT2D eigenvalue weighted by atomic mass is 10.1. The Morgan fingerprint density at radius 3 is 1.91 bits per heavy atom. The van der Waals surface area contributed by atoms with Crippen LogP contribution in [-0.2, 0) is 9.59 Å². The van der Waals surface area contributed by atoms with Crippen LogP contribution in [0.3, 0.4) is 0 Å². The number of aryl methyl sites for hydroxylation is 1. The molecule has 0 spiro atoms. The third-order valence-corrected chi connectivity index (χ3v) is 8.24. The van der Waals surface area contributed by atoms with Gasteiger partial charge in [0.1, 0.15) is 10.9 Å². The number of nitro benzene ring substituents is 1. The first kappa shape index (κ1) is 32.4. The van der Waals surface area contributed by atoms with Crippen LogP contribution in [0.25, 0.3) is 6.08 Å². The topological polar surface area (TPSA) is 130 Å². The van der Waals surface area contributed by atoms with E-state index in [1.807, 2.05) is 67.6 Å². The van der Waals surface area contributed by atoms with Gasteiger partial charge in [-0.3, -0.25) is 24.5 Å². The van der Waals surface area contributed by atoms with Gasteiger partial charge in [-0.15, -0.1) is 11.8 Å². The average molecular weight is 643 g/mol. The molecule has 10 heteroatoms. The average Bonchev–Trinajstić information content (AvgIpc) is 3.09. The molecule has 5 rings (SSSR count). The van der Waals surface area contributed by atoms with Crippen LogP contribution in [0.2, 0.25) is 0 Å². The van der Waals surface area contributed by atoms with Crippen LogP contribution < -0.4 is 16.0 Å². The molecule has 0 saturated heterocycles. The maximum Gasteiger partial charge on any atom is 0.272 e. The van der Waals surface area contributed by atoms with Crippen molar-refractivity contribution in [1.29, 1.82) is 0 Å². The predicted octanol–water partition coefficient (Wildman–Crippen LogP) is 7.78. The van der Waals surface area contributed by atoms with E-state index in [4.69, 9.17) is 0 Å². The second-order valence-corrected chi connectivity index (χ2v) is 11.6. The molecule has 3 N–H and O–H groups in total. The minimum atomic E-state index is -0.635. The fourth-order valence-electron chi connectivity index (χ4n) is 4.50. The van der Waals surface area contributed by atoms with Gasteiger partial charge in [0.05, 0.1) is 4.92 Å². The third kappa shape index (κ3) is 9.03. The molecule has 234 valence electrons. The molecule has 0 radical (unpaired) electrons. The van der Waals surface area contributed by atoms with Gasteiger partial charge in [-0.1, -0.05) is 78.4 Å². The minimum Gasteiger partial charge on any atom is -0.325 e. The number of anilines is 2. The molecule has 5 aromatic rings. The summed E-state index contributed by atoms with van der Waals surface area (Å²) >= 11 is 1.32. The summed E-state index contributed by atoms with van der Waals surface area (Å²) in [5.74, 6) is -1.21. The van der Waals surface area contributed by atoms with Gasteiger partial charge in [-0.2, -0.15) is 0 Å². The van der Waals surface area contributed by atoms with E-state index in [-0.39, 0.29) is 17.3 Å². The molecule has 5 aromatic carbocycles. The normalized spacial score (nSPS) is 11.6. The number of rotatable bonds is 11. The van der Waals surface area contributed by atoms with Crippen molar-refractivity contribution in [2.24, 2.45) is 0 Å². The van der Waals surface area contributed by atoms with Crippen LogP contribution in [0.4, 0.5) is 17.1 Å². The van der Waals surface area contributed by atoms with Gasteiger partial charge in [-0.05, 0) is 72.7 Å². The van der Waals surface area contributed by atoms with Crippen molar-refractivity contribution in [2.45, 2.75) is 17.1 Å². The molecule has 1 atom stereocenters. The number of benzene rings is 5. The van der Waals surface area contributed by atoms with Gasteiger partial charge in [0.2, 0.25) is 5.91 Å². The van der Waals surface area contributed by atoms with Crippen molar-refractivity contribution in [2.75, 3.05) is 10.6 Å². The summed E-state index contributed by atoms with van der Waals surface area (Å²) in [6.45, 7) is 1.97. The van der Waals surface area contributed by atoms with Crippen molar-refractivity contribution in [3.63, 3.8) is 0 Å². The van der Waals surface area contributed by atoms with Gasteiger partial charge in [-0.25, -0.2) is 0 Å². The molecule has 0 aromatic heterocycles. The van der Waals surface area contributed by atoms with E-state index in [1.54, 1.807) is 54.6 Å². The van der Waals surface area contributed by atoms with Crippen LogP contribution in [-0.4, -0.2) is 22.6 Å². The molecular weight excluding hydrogens is 612 g/mol. The fraction of sp³-hybridized carbons (Fsp3) is 0.0541. The number of hydrogen-bond acceptors (Lipinski definition) is 6. The lowest BCUT2D eigenvalue weighted by molar-refractivity contribution is -0.384. The monoisotopic (exact) mass is 642 g/mol. The van der Waals surface area contributed by atoms with Gasteiger partial charge >= 0.3 is 0 Å². The van der Waals surface area contributed by atoms with Crippen molar-refractivity contribution in [3.8, 4) is 0 Å². The van der Waals surface area contributed by atoms with Gasteiger partial charge in [0.25, 0.3) is 17.5 Å². The van der Waals surface area contributed by atoms with Crippen molar-refractivity contribution < 1.29 is 19.3 Å². The Bertz CT molecular complexity index is 1900. The standard InChI is InChI=1S/C37H30N4O5S/c1-25-12-14-26(15-13-25)24-33(40-35(42)28-10-6-3-7-11-28)36(43)38-30-18-22-32(23-19-30)47-34(27-8-4-2-5-9-27)37(44)39-29-16-20-31(21-17-29)41(45)46/h2-24,34H,1H3,(H,38,43)(H,39,44)(H,40,42)/b33-24-. The lowest BCUT2D eigenvalue weighted by Gasteiger charge is -2.17. The Morgan fingerprint density at radius 2 is 1.30 bits per heavy atom. The Labute approximate surface area is 275 Å². The zero-order valence-electron chi connectivity index (χ0n) is 25.3. The summed E-state index contributed by atoms with van der Waals surface area (Å²) < 4.78 is 0. The second kappa shape index (κ2) is 15.3. The third-order valence-electron chi connectivity index (χ3n) is 6.97. The number of nitrogens with zero attached hydrogens (tertiary/aromatic N) is 1. The molecular formula is C37H30N4O5S. The fourth-order valence-corrected chi connectivity index (χ4v) is 5.52. The highest BCUT2D eigenvalue weighted by molar-refractivity contribution is 8.00. The summed E-state index contributed by atoms with van der Waals surface area (Å²) in [5, 5.41) is 18.8. The first-order valence-electron chi connectivity index (χ1n) is 14.6. The summed E-state index contributed by atoms with van der Waals surface area (Å²) in [5.41, 5.74) is 3.95. The first-order valence-corrected chi connectivity index (χ1v) is 15.5. The molecule has 47 heavy (non-hydrogen) atoms. The van der Waals surface area contributed by atoms with E-state index in [1.165, 1.54) is 36.0 Å². The molecule has 0 aliphatic heterocycles. The number of amides is 3. The predicted molar refractivity (Wildman–Crippen MR) is 185 cm³/mol. The number of non-ortho nitro benzene ring substituents is 1. The molecule has 0 bridgehead atoms. The van der Waals surface area contributed by atoms with Gasteiger partial charge < -0.3 is 16.0 Å². The minimum absolute atomic E-state index is 0.0690. The molecule has 0 aliphatic rings. The zero-order valence-corrected chi connectivity index (χ0v) is 26.1. The lowest BCUT2D eigenvalue weighted by Crippen LogP contribution is -2.30. The quantitative estimate of drug-likeness (QED) is 0.0584. The largest absolute Gasteiger partial charge is 0.325 e. The summed E-state index contributed by atoms with van der Waals surface area (Å²) in [6.07, 6.45) is 1.62. The first-order chi connectivity index (χ1) is 22.7. The van der Waals surface area contributed by atoms with E-state index in [9.17, 15) is 24.5 Å². The number of carbonyl (C=O) groups excluding carboxylic acids is 3.